The molecule has 3 nitrogen and oxygen atoms in total. The fraction of sp³-hybridized carbons (Fsp3) is 0.200. The summed E-state index contributed by atoms with van der Waals surface area (Å²) in [6, 6.07) is 1.89. The first-order valence-electron chi connectivity index (χ1n) is 4.97. The van der Waals surface area contributed by atoms with Crippen LogP contribution < -0.4 is 55.6 Å². The van der Waals surface area contributed by atoms with E-state index >= 15 is 0 Å². The number of terminal acetylenes is 1. The van der Waals surface area contributed by atoms with Crippen molar-refractivity contribution in [2.45, 2.75) is 13.2 Å². The van der Waals surface area contributed by atoms with E-state index < -0.39 is 29.6 Å². The number of halogens is 4. The maximum Gasteiger partial charge on any atom is 1.00 e. The Morgan fingerprint density at radius 3 is 2.30 bits per heavy atom. The van der Waals surface area contributed by atoms with Crippen molar-refractivity contribution in [3.05, 3.63) is 28.8 Å². The van der Waals surface area contributed by atoms with Gasteiger partial charge in [-0.25, -0.2) is 0 Å². The largest absolute Gasteiger partial charge is 1.00 e. The van der Waals surface area contributed by atoms with Crippen molar-refractivity contribution in [3.8, 4) is 18.1 Å². The van der Waals surface area contributed by atoms with E-state index in [4.69, 9.17) is 6.42 Å². The zero-order valence-corrected chi connectivity index (χ0v) is 14.6. The summed E-state index contributed by atoms with van der Waals surface area (Å²) in [6.07, 6.45) is 3.82. The molecule has 0 radical (unpaired) electrons. The Morgan fingerprint density at radius 2 is 1.90 bits per heavy atom. The molecule has 0 N–H and O–H groups in total. The van der Waals surface area contributed by atoms with Crippen molar-refractivity contribution in [2.75, 3.05) is 0 Å². The number of hydrogen-bond acceptors (Lipinski definition) is 3. The van der Waals surface area contributed by atoms with Crippen molar-refractivity contribution in [3.63, 3.8) is 0 Å². The van der Waals surface area contributed by atoms with E-state index in [1.165, 1.54) is 6.92 Å². The molecule has 104 valence electrons. The topological polar surface area (TPSA) is 43.4 Å². The van der Waals surface area contributed by atoms with Crippen LogP contribution in [0.4, 0.5) is 16.8 Å². The fourth-order valence-electron chi connectivity index (χ4n) is 1.47. The summed E-state index contributed by atoms with van der Waals surface area (Å²) >= 11 is 0. The fourth-order valence-corrected chi connectivity index (χ4v) is 1.86. The van der Waals surface area contributed by atoms with Gasteiger partial charge in [0.05, 0.1) is 0 Å². The average molecular weight is 334 g/mol. The molecule has 0 aliphatic heterocycles. The Kier molecular flexibility index (Phi) is 7.27. The second kappa shape index (κ2) is 7.29. The van der Waals surface area contributed by atoms with Gasteiger partial charge in [-0.2, -0.15) is 8.42 Å². The summed E-state index contributed by atoms with van der Waals surface area (Å²) in [4.78, 5) is 0. The van der Waals surface area contributed by atoms with E-state index in [2.05, 4.69) is 10.1 Å². The smallest absolute Gasteiger partial charge is 0.449 e. The van der Waals surface area contributed by atoms with Crippen LogP contribution in [0.25, 0.3) is 0 Å². The molecule has 0 spiro atoms. The first-order valence-corrected chi connectivity index (χ1v) is 6.28. The Labute approximate surface area is 157 Å². The van der Waals surface area contributed by atoms with Gasteiger partial charge < -0.3 is 17.1 Å². The molecule has 0 aliphatic carbocycles. The number of hydrogen-bond donors (Lipinski definition) is 0. The predicted molar refractivity (Wildman–Crippen MR) is 62.6 cm³/mol. The predicted octanol–water partition coefficient (Wildman–Crippen LogP) is -0.497. The Morgan fingerprint density at radius 1 is 1.35 bits per heavy atom. The van der Waals surface area contributed by atoms with E-state index in [0.717, 1.165) is 12.1 Å². The van der Waals surface area contributed by atoms with E-state index in [1.54, 1.807) is 0 Å². The minimum Gasteiger partial charge on any atom is -0.449 e. The summed E-state index contributed by atoms with van der Waals surface area (Å²) < 4.78 is 74.2. The van der Waals surface area contributed by atoms with Gasteiger partial charge in [-0.05, 0) is 19.1 Å². The summed E-state index contributed by atoms with van der Waals surface area (Å²) in [7, 11) is -5.33. The van der Waals surface area contributed by atoms with Crippen molar-refractivity contribution in [1.29, 1.82) is 0 Å². The monoisotopic (exact) mass is 334 g/mol. The van der Waals surface area contributed by atoms with Crippen LogP contribution in [0.5, 0.6) is 5.75 Å². The van der Waals surface area contributed by atoms with Crippen LogP contribution in [0.1, 0.15) is 16.7 Å². The molecule has 20 heavy (non-hydrogen) atoms. The summed E-state index contributed by atoms with van der Waals surface area (Å²) in [5, 5.41) is 0. The molecule has 0 atom stereocenters. The number of benzene rings is 1. The Bertz CT molecular complexity index is 637. The maximum atomic E-state index is 12.4. The van der Waals surface area contributed by atoms with E-state index in [0.29, 0.717) is 0 Å². The van der Waals surface area contributed by atoms with Gasteiger partial charge in [0.15, 0.2) is 0 Å². The molecule has 0 aliphatic rings. The standard InChI is InChI=1S/C10H8BF4O3S.K/c1-3-9-4-8(6-11(12,13)14)5-10(7(9)2)18-19(15,16)17;/h1,4-5H,6H2,2H3;/q-1;+1. The van der Waals surface area contributed by atoms with Gasteiger partial charge in [0.1, 0.15) is 5.75 Å². The average Bonchev–Trinajstić information content (AvgIpc) is 2.18. The van der Waals surface area contributed by atoms with Crippen LogP contribution in [0, 0.1) is 19.3 Å². The molecule has 0 saturated heterocycles. The molecule has 0 fully saturated rings. The second-order valence-corrected chi connectivity index (χ2v) is 4.75. The van der Waals surface area contributed by atoms with Crippen molar-refractivity contribution in [2.24, 2.45) is 0 Å². The van der Waals surface area contributed by atoms with Crippen molar-refractivity contribution < 1.29 is 80.8 Å². The maximum absolute atomic E-state index is 12.4. The SMILES string of the molecule is C#Cc1cc(C[B-](F)(F)F)cc(OS(=O)(=O)F)c1C.[K+]. The van der Waals surface area contributed by atoms with E-state index in [-0.39, 0.29) is 68.1 Å². The summed E-state index contributed by atoms with van der Waals surface area (Å²) in [5.41, 5.74) is -0.206. The molecule has 0 aromatic heterocycles. The quantitative estimate of drug-likeness (QED) is 0.323. The van der Waals surface area contributed by atoms with Gasteiger partial charge in [0, 0.05) is 11.1 Å². The van der Waals surface area contributed by atoms with Gasteiger partial charge >= 0.3 is 68.9 Å². The van der Waals surface area contributed by atoms with Gasteiger partial charge in [-0.3, -0.25) is 0 Å². The zero-order chi connectivity index (χ0) is 14.8. The molecule has 0 bridgehead atoms. The van der Waals surface area contributed by atoms with Gasteiger partial charge in [-0.15, -0.1) is 6.42 Å². The Hall–Kier alpha value is -0.0487. The minimum absolute atomic E-state index is 0. The van der Waals surface area contributed by atoms with Crippen LogP contribution in [0.15, 0.2) is 12.1 Å². The number of rotatable bonds is 4. The molecule has 1 aromatic carbocycles. The first kappa shape index (κ1) is 20.0. The summed E-state index contributed by atoms with van der Waals surface area (Å²) in [5.74, 6) is 1.54. The summed E-state index contributed by atoms with van der Waals surface area (Å²) in [6.45, 7) is -3.82. The normalized spacial score (nSPS) is 11.4. The molecule has 0 amide bonds. The molecule has 1 rings (SSSR count). The molecular weight excluding hydrogens is 326 g/mol. The van der Waals surface area contributed by atoms with Crippen LogP contribution in [0.3, 0.4) is 0 Å². The van der Waals surface area contributed by atoms with Crippen LogP contribution in [-0.4, -0.2) is 15.4 Å². The van der Waals surface area contributed by atoms with Crippen molar-refractivity contribution >= 4 is 17.5 Å². The van der Waals surface area contributed by atoms with Crippen molar-refractivity contribution in [1.82, 2.24) is 0 Å². The minimum atomic E-state index is -5.33. The van der Waals surface area contributed by atoms with Crippen LogP contribution in [0.2, 0.25) is 0 Å². The molecule has 0 heterocycles. The van der Waals surface area contributed by atoms with E-state index in [1.807, 2.05) is 0 Å². The van der Waals surface area contributed by atoms with Gasteiger partial charge in [-0.1, -0.05) is 21.7 Å². The first-order chi connectivity index (χ1) is 8.52. The van der Waals surface area contributed by atoms with Crippen LogP contribution >= 0.6 is 0 Å². The van der Waals surface area contributed by atoms with Gasteiger partial charge in [0.25, 0.3) is 0 Å². The molecule has 10 heteroatoms. The third-order valence-electron chi connectivity index (χ3n) is 2.23. The van der Waals surface area contributed by atoms with Gasteiger partial charge in [0.2, 0.25) is 0 Å². The van der Waals surface area contributed by atoms with Crippen LogP contribution in [-0.2, 0) is 16.8 Å². The molecule has 1 aromatic rings. The zero-order valence-electron chi connectivity index (χ0n) is 10.7. The Balaban J connectivity index is 0.00000361. The third kappa shape index (κ3) is 6.60. The molecule has 0 unspecified atom stereocenters. The molecular formula is C10H8BF4KO3S. The molecule has 0 saturated carbocycles. The third-order valence-corrected chi connectivity index (χ3v) is 2.61. The van der Waals surface area contributed by atoms with E-state index in [9.17, 15) is 25.3 Å². The second-order valence-electron chi connectivity index (χ2n) is 3.80.